The average molecular weight is 293 g/mol. The lowest BCUT2D eigenvalue weighted by Gasteiger charge is -2.47. The van der Waals surface area contributed by atoms with Crippen molar-refractivity contribution in [3.05, 3.63) is 0 Å². The second-order valence-electron chi connectivity index (χ2n) is 7.54. The van der Waals surface area contributed by atoms with Crippen LogP contribution in [0.3, 0.4) is 0 Å². The van der Waals surface area contributed by atoms with Gasteiger partial charge in [0, 0.05) is 25.7 Å². The number of primary amides is 1. The molecule has 4 heteroatoms. The van der Waals surface area contributed by atoms with Crippen LogP contribution in [0.1, 0.15) is 64.2 Å². The van der Waals surface area contributed by atoms with Crippen molar-refractivity contribution in [3.63, 3.8) is 0 Å². The molecule has 3 rings (SSSR count). The molecule has 0 aromatic heterocycles. The highest BCUT2D eigenvalue weighted by atomic mass is 16.2. The van der Waals surface area contributed by atoms with Crippen molar-refractivity contribution in [3.8, 4) is 0 Å². The summed E-state index contributed by atoms with van der Waals surface area (Å²) in [5, 5.41) is 0. The lowest BCUT2D eigenvalue weighted by atomic mass is 9.73. The molecule has 1 saturated carbocycles. The van der Waals surface area contributed by atoms with Crippen molar-refractivity contribution in [1.82, 2.24) is 9.80 Å². The second-order valence-corrected chi connectivity index (χ2v) is 7.54. The minimum atomic E-state index is -0.243. The molecule has 0 unspecified atom stereocenters. The SMILES string of the molecule is NC(=O)N1CCC(N2CCCC3(CCCCCC3)C2)CC1. The van der Waals surface area contributed by atoms with E-state index in [1.165, 1.54) is 64.5 Å². The molecule has 0 atom stereocenters. The van der Waals surface area contributed by atoms with Gasteiger partial charge in [-0.3, -0.25) is 4.90 Å². The van der Waals surface area contributed by atoms with Gasteiger partial charge in [-0.25, -0.2) is 4.79 Å². The largest absolute Gasteiger partial charge is 0.351 e. The number of piperidine rings is 2. The first-order valence-corrected chi connectivity index (χ1v) is 8.97. The molecule has 1 spiro atoms. The first-order chi connectivity index (χ1) is 10.2. The number of nitrogens with zero attached hydrogens (tertiary/aromatic N) is 2. The van der Waals surface area contributed by atoms with Crippen LogP contribution in [0.4, 0.5) is 4.79 Å². The van der Waals surface area contributed by atoms with Gasteiger partial charge in [-0.15, -0.1) is 0 Å². The van der Waals surface area contributed by atoms with E-state index in [1.54, 1.807) is 0 Å². The normalized spacial score (nSPS) is 28.5. The fourth-order valence-electron chi connectivity index (χ4n) is 4.90. The van der Waals surface area contributed by atoms with E-state index < -0.39 is 0 Å². The third-order valence-electron chi connectivity index (χ3n) is 6.15. The summed E-state index contributed by atoms with van der Waals surface area (Å²) in [4.78, 5) is 15.8. The van der Waals surface area contributed by atoms with Crippen LogP contribution in [-0.2, 0) is 0 Å². The quantitative estimate of drug-likeness (QED) is 0.808. The second kappa shape index (κ2) is 6.55. The molecule has 0 aromatic rings. The van der Waals surface area contributed by atoms with Crippen molar-refractivity contribution in [2.24, 2.45) is 11.1 Å². The molecule has 2 N–H and O–H groups in total. The number of rotatable bonds is 1. The summed E-state index contributed by atoms with van der Waals surface area (Å²) < 4.78 is 0. The Balaban J connectivity index is 1.57. The van der Waals surface area contributed by atoms with Gasteiger partial charge < -0.3 is 10.6 Å². The first-order valence-electron chi connectivity index (χ1n) is 8.97. The Labute approximate surface area is 129 Å². The van der Waals surface area contributed by atoms with Crippen LogP contribution in [0.25, 0.3) is 0 Å². The summed E-state index contributed by atoms with van der Waals surface area (Å²) >= 11 is 0. The zero-order valence-electron chi connectivity index (χ0n) is 13.4. The zero-order chi connectivity index (χ0) is 14.7. The summed E-state index contributed by atoms with van der Waals surface area (Å²) in [5.41, 5.74) is 6.01. The maximum atomic E-state index is 11.3. The molecule has 2 heterocycles. The van der Waals surface area contributed by atoms with E-state index in [0.717, 1.165) is 25.9 Å². The molecular weight excluding hydrogens is 262 g/mol. The highest BCUT2D eigenvalue weighted by molar-refractivity contribution is 5.72. The maximum absolute atomic E-state index is 11.3. The fourth-order valence-corrected chi connectivity index (χ4v) is 4.90. The van der Waals surface area contributed by atoms with Crippen LogP contribution in [0, 0.1) is 5.41 Å². The first kappa shape index (κ1) is 15.1. The molecule has 0 aromatic carbocycles. The van der Waals surface area contributed by atoms with E-state index in [0.29, 0.717) is 11.5 Å². The van der Waals surface area contributed by atoms with Crippen molar-refractivity contribution < 1.29 is 4.79 Å². The summed E-state index contributed by atoms with van der Waals surface area (Å²) in [7, 11) is 0. The zero-order valence-corrected chi connectivity index (χ0v) is 13.4. The molecule has 2 amide bonds. The van der Waals surface area contributed by atoms with Gasteiger partial charge in [-0.2, -0.15) is 0 Å². The summed E-state index contributed by atoms with van der Waals surface area (Å²) in [6.07, 6.45) is 13.7. The Hall–Kier alpha value is -0.770. The molecule has 21 heavy (non-hydrogen) atoms. The van der Waals surface area contributed by atoms with Gasteiger partial charge >= 0.3 is 6.03 Å². The monoisotopic (exact) mass is 293 g/mol. The summed E-state index contributed by atoms with van der Waals surface area (Å²) in [6.45, 7) is 4.28. The smallest absolute Gasteiger partial charge is 0.314 e. The van der Waals surface area contributed by atoms with E-state index in [1.807, 2.05) is 4.90 Å². The van der Waals surface area contributed by atoms with Crippen LogP contribution >= 0.6 is 0 Å². The predicted molar refractivity (Wildman–Crippen MR) is 85.1 cm³/mol. The Morgan fingerprint density at radius 3 is 2.14 bits per heavy atom. The minimum absolute atomic E-state index is 0.243. The van der Waals surface area contributed by atoms with Crippen LogP contribution in [0.15, 0.2) is 0 Å². The number of carbonyl (C=O) groups excluding carboxylic acids is 1. The molecule has 2 saturated heterocycles. The van der Waals surface area contributed by atoms with Crippen LogP contribution in [-0.4, -0.2) is 48.1 Å². The number of hydrogen-bond donors (Lipinski definition) is 1. The van der Waals surface area contributed by atoms with Crippen molar-refractivity contribution in [2.45, 2.75) is 70.3 Å². The van der Waals surface area contributed by atoms with Gasteiger partial charge in [-0.1, -0.05) is 25.7 Å². The molecule has 1 aliphatic carbocycles. The third kappa shape index (κ3) is 3.53. The van der Waals surface area contributed by atoms with Gasteiger partial charge in [0.15, 0.2) is 0 Å². The van der Waals surface area contributed by atoms with Crippen LogP contribution < -0.4 is 5.73 Å². The molecule has 4 nitrogen and oxygen atoms in total. The van der Waals surface area contributed by atoms with Crippen LogP contribution in [0.2, 0.25) is 0 Å². The Morgan fingerprint density at radius 2 is 1.52 bits per heavy atom. The van der Waals surface area contributed by atoms with Crippen LogP contribution in [0.5, 0.6) is 0 Å². The number of carbonyl (C=O) groups is 1. The van der Waals surface area contributed by atoms with Crippen molar-refractivity contribution in [2.75, 3.05) is 26.2 Å². The minimum Gasteiger partial charge on any atom is -0.351 e. The van der Waals surface area contributed by atoms with E-state index >= 15 is 0 Å². The standard InChI is InChI=1S/C17H31N3O/c18-16(21)19-12-6-15(7-13-19)20-11-5-10-17(14-20)8-3-1-2-4-9-17/h15H,1-14H2,(H2,18,21). The number of hydrogen-bond acceptors (Lipinski definition) is 2. The summed E-state index contributed by atoms with van der Waals surface area (Å²) in [5.74, 6) is 0. The molecule has 3 fully saturated rings. The summed E-state index contributed by atoms with van der Waals surface area (Å²) in [6, 6.07) is 0.438. The number of amides is 2. The lowest BCUT2D eigenvalue weighted by molar-refractivity contribution is 0.0249. The van der Waals surface area contributed by atoms with E-state index in [9.17, 15) is 4.79 Å². The molecule has 120 valence electrons. The number of likely N-dealkylation sites (tertiary alicyclic amines) is 2. The highest BCUT2D eigenvalue weighted by Crippen LogP contribution is 2.43. The third-order valence-corrected chi connectivity index (χ3v) is 6.15. The molecule has 0 bridgehead atoms. The van der Waals surface area contributed by atoms with E-state index in [4.69, 9.17) is 5.73 Å². The molecular formula is C17H31N3O. The number of nitrogens with two attached hydrogens (primary N) is 1. The average Bonchev–Trinajstić information content (AvgIpc) is 2.73. The fraction of sp³-hybridized carbons (Fsp3) is 0.941. The van der Waals surface area contributed by atoms with Crippen molar-refractivity contribution in [1.29, 1.82) is 0 Å². The predicted octanol–water partition coefficient (Wildman–Crippen LogP) is 2.97. The van der Waals surface area contributed by atoms with Gasteiger partial charge in [-0.05, 0) is 50.5 Å². The Bertz CT molecular complexity index is 355. The Morgan fingerprint density at radius 1 is 0.905 bits per heavy atom. The highest BCUT2D eigenvalue weighted by Gasteiger charge is 2.38. The van der Waals surface area contributed by atoms with Gasteiger partial charge in [0.1, 0.15) is 0 Å². The maximum Gasteiger partial charge on any atom is 0.314 e. The van der Waals surface area contributed by atoms with Crippen molar-refractivity contribution >= 4 is 6.03 Å². The van der Waals surface area contributed by atoms with Gasteiger partial charge in [0.2, 0.25) is 0 Å². The molecule has 3 aliphatic rings. The molecule has 0 radical (unpaired) electrons. The Kier molecular flexibility index (Phi) is 4.72. The topological polar surface area (TPSA) is 49.6 Å². The van der Waals surface area contributed by atoms with Gasteiger partial charge in [0.25, 0.3) is 0 Å². The van der Waals surface area contributed by atoms with E-state index in [2.05, 4.69) is 4.90 Å². The number of urea groups is 1. The van der Waals surface area contributed by atoms with E-state index in [-0.39, 0.29) is 6.03 Å². The lowest BCUT2D eigenvalue weighted by Crippen LogP contribution is -2.52. The van der Waals surface area contributed by atoms with Gasteiger partial charge in [0.05, 0.1) is 0 Å². The molecule has 2 aliphatic heterocycles.